The Balaban J connectivity index is 0.00000264. The zero-order valence-corrected chi connectivity index (χ0v) is 15.3. The fourth-order valence-electron chi connectivity index (χ4n) is 2.54. The molecule has 1 aliphatic rings. The van der Waals surface area contributed by atoms with Gasteiger partial charge in [0.15, 0.2) is 0 Å². The fraction of sp³-hybridized carbons (Fsp3) is 0.667. The summed E-state index contributed by atoms with van der Waals surface area (Å²) in [5.74, 6) is 1.82. The molecule has 4 nitrogen and oxygen atoms in total. The van der Waals surface area contributed by atoms with Crippen molar-refractivity contribution in [3.8, 4) is 11.5 Å². The quantitative estimate of drug-likeness (QED) is 0.643. The van der Waals surface area contributed by atoms with Crippen molar-refractivity contribution in [1.29, 1.82) is 0 Å². The monoisotopic (exact) mass is 342 g/mol. The van der Waals surface area contributed by atoms with Gasteiger partial charge in [0.2, 0.25) is 0 Å². The Labute approximate surface area is 147 Å². The second-order valence-corrected chi connectivity index (χ2v) is 6.02. The summed E-state index contributed by atoms with van der Waals surface area (Å²) in [6.45, 7) is 9.56. The zero-order chi connectivity index (χ0) is 15.6. The van der Waals surface area contributed by atoms with Crippen LogP contribution in [0.2, 0.25) is 0 Å². The molecule has 23 heavy (non-hydrogen) atoms. The Kier molecular flexibility index (Phi) is 10.1. The summed E-state index contributed by atoms with van der Waals surface area (Å²) in [7, 11) is 2.19. The smallest absolute Gasteiger partial charge is 0.122 e. The summed E-state index contributed by atoms with van der Waals surface area (Å²) >= 11 is 0. The number of benzene rings is 1. The second-order valence-electron chi connectivity index (χ2n) is 6.02. The van der Waals surface area contributed by atoms with Gasteiger partial charge in [-0.05, 0) is 32.0 Å². The standard InChI is InChI=1S/C18H30N2O2.ClH/c1-3-4-14-21-17-7-5-8-18(16-17)22-15-6-9-20-12-10-19(2)11-13-20;/h5,7-8,16H,3-4,6,9-15H2,1-2H3;1H. The molecule has 5 heteroatoms. The van der Waals surface area contributed by atoms with Crippen LogP contribution in [-0.4, -0.2) is 62.8 Å². The Morgan fingerprint density at radius 1 is 0.957 bits per heavy atom. The third-order valence-corrected chi connectivity index (χ3v) is 4.06. The van der Waals surface area contributed by atoms with E-state index in [1.54, 1.807) is 0 Å². The van der Waals surface area contributed by atoms with Gasteiger partial charge in [-0.15, -0.1) is 12.4 Å². The van der Waals surface area contributed by atoms with Crippen molar-refractivity contribution in [3.05, 3.63) is 24.3 Å². The van der Waals surface area contributed by atoms with E-state index in [9.17, 15) is 0 Å². The van der Waals surface area contributed by atoms with E-state index in [1.165, 1.54) is 26.2 Å². The van der Waals surface area contributed by atoms with Gasteiger partial charge in [0.05, 0.1) is 13.2 Å². The molecule has 1 aliphatic heterocycles. The molecule has 0 aliphatic carbocycles. The maximum absolute atomic E-state index is 5.85. The van der Waals surface area contributed by atoms with Crippen molar-refractivity contribution in [1.82, 2.24) is 9.80 Å². The molecule has 1 aromatic carbocycles. The normalized spacial score (nSPS) is 15.9. The van der Waals surface area contributed by atoms with Gasteiger partial charge >= 0.3 is 0 Å². The van der Waals surface area contributed by atoms with Crippen LogP contribution in [0.1, 0.15) is 26.2 Å². The number of piperazine rings is 1. The highest BCUT2D eigenvalue weighted by atomic mass is 35.5. The maximum atomic E-state index is 5.85. The van der Waals surface area contributed by atoms with Crippen molar-refractivity contribution in [2.75, 3.05) is 53.0 Å². The molecule has 0 bridgehead atoms. The largest absolute Gasteiger partial charge is 0.493 e. The lowest BCUT2D eigenvalue weighted by atomic mass is 10.3. The number of ether oxygens (including phenoxy) is 2. The fourth-order valence-corrected chi connectivity index (χ4v) is 2.54. The Hall–Kier alpha value is -0.970. The Morgan fingerprint density at radius 3 is 2.17 bits per heavy atom. The van der Waals surface area contributed by atoms with Crippen LogP contribution in [0.25, 0.3) is 0 Å². The van der Waals surface area contributed by atoms with Crippen LogP contribution in [0.3, 0.4) is 0 Å². The van der Waals surface area contributed by atoms with Gasteiger partial charge in [-0.3, -0.25) is 0 Å². The SMILES string of the molecule is CCCCOc1cccc(OCCCN2CCN(C)CC2)c1.Cl. The summed E-state index contributed by atoms with van der Waals surface area (Å²) in [6.07, 6.45) is 3.32. The lowest BCUT2D eigenvalue weighted by Crippen LogP contribution is -2.44. The van der Waals surface area contributed by atoms with Crippen molar-refractivity contribution in [2.45, 2.75) is 26.2 Å². The number of hydrogen-bond acceptors (Lipinski definition) is 4. The highest BCUT2D eigenvalue weighted by molar-refractivity contribution is 5.85. The van der Waals surface area contributed by atoms with E-state index < -0.39 is 0 Å². The summed E-state index contributed by atoms with van der Waals surface area (Å²) in [6, 6.07) is 7.98. The van der Waals surface area contributed by atoms with Gasteiger partial charge in [-0.2, -0.15) is 0 Å². The minimum absolute atomic E-state index is 0. The first kappa shape index (κ1) is 20.1. The van der Waals surface area contributed by atoms with Crippen molar-refractivity contribution >= 4 is 12.4 Å². The molecule has 0 amide bonds. The van der Waals surface area contributed by atoms with Crippen LogP contribution in [-0.2, 0) is 0 Å². The molecule has 0 unspecified atom stereocenters. The molecule has 0 atom stereocenters. The van der Waals surface area contributed by atoms with E-state index in [0.717, 1.165) is 50.5 Å². The number of hydrogen-bond donors (Lipinski definition) is 0. The third kappa shape index (κ3) is 7.91. The van der Waals surface area contributed by atoms with Crippen LogP contribution in [0.4, 0.5) is 0 Å². The number of unbranched alkanes of at least 4 members (excludes halogenated alkanes) is 1. The predicted octanol–water partition coefficient (Wildman–Crippen LogP) is 3.30. The van der Waals surface area contributed by atoms with E-state index >= 15 is 0 Å². The average molecular weight is 343 g/mol. The van der Waals surface area contributed by atoms with Gasteiger partial charge in [-0.1, -0.05) is 19.4 Å². The molecule has 1 saturated heterocycles. The van der Waals surface area contributed by atoms with E-state index in [1.807, 2.05) is 24.3 Å². The van der Waals surface area contributed by atoms with Crippen LogP contribution in [0.15, 0.2) is 24.3 Å². The van der Waals surface area contributed by atoms with Crippen LogP contribution < -0.4 is 9.47 Å². The lowest BCUT2D eigenvalue weighted by molar-refractivity contribution is 0.145. The number of rotatable bonds is 9. The first-order valence-corrected chi connectivity index (χ1v) is 8.54. The Bertz CT molecular complexity index is 423. The highest BCUT2D eigenvalue weighted by Crippen LogP contribution is 2.19. The third-order valence-electron chi connectivity index (χ3n) is 4.06. The predicted molar refractivity (Wildman–Crippen MR) is 98.1 cm³/mol. The summed E-state index contributed by atoms with van der Waals surface area (Å²) in [5.41, 5.74) is 0. The molecule has 132 valence electrons. The molecule has 1 heterocycles. The van der Waals surface area contributed by atoms with E-state index in [-0.39, 0.29) is 12.4 Å². The van der Waals surface area contributed by atoms with Gasteiger partial charge in [0.25, 0.3) is 0 Å². The van der Waals surface area contributed by atoms with Crippen molar-refractivity contribution in [2.24, 2.45) is 0 Å². The molecule has 0 aromatic heterocycles. The number of likely N-dealkylation sites (N-methyl/N-ethyl adjacent to an activating group) is 1. The topological polar surface area (TPSA) is 24.9 Å². The number of nitrogens with zero attached hydrogens (tertiary/aromatic N) is 2. The molecule has 1 fully saturated rings. The summed E-state index contributed by atoms with van der Waals surface area (Å²) in [4.78, 5) is 4.91. The van der Waals surface area contributed by atoms with E-state index in [2.05, 4.69) is 23.8 Å². The summed E-state index contributed by atoms with van der Waals surface area (Å²) in [5, 5.41) is 0. The van der Waals surface area contributed by atoms with Gasteiger partial charge in [0.1, 0.15) is 11.5 Å². The second kappa shape index (κ2) is 11.5. The minimum atomic E-state index is 0. The molecule has 1 aromatic rings. The Morgan fingerprint density at radius 2 is 1.57 bits per heavy atom. The molecular weight excluding hydrogens is 312 g/mol. The first-order chi connectivity index (χ1) is 10.8. The van der Waals surface area contributed by atoms with E-state index in [4.69, 9.17) is 9.47 Å². The lowest BCUT2D eigenvalue weighted by Gasteiger charge is -2.32. The van der Waals surface area contributed by atoms with Crippen LogP contribution in [0.5, 0.6) is 11.5 Å². The van der Waals surface area contributed by atoms with Crippen molar-refractivity contribution < 1.29 is 9.47 Å². The first-order valence-electron chi connectivity index (χ1n) is 8.54. The maximum Gasteiger partial charge on any atom is 0.122 e. The van der Waals surface area contributed by atoms with E-state index in [0.29, 0.717) is 0 Å². The summed E-state index contributed by atoms with van der Waals surface area (Å²) < 4.78 is 11.6. The minimum Gasteiger partial charge on any atom is -0.493 e. The molecule has 0 radical (unpaired) electrons. The average Bonchev–Trinajstić information content (AvgIpc) is 2.54. The zero-order valence-electron chi connectivity index (χ0n) is 14.5. The van der Waals surface area contributed by atoms with Crippen molar-refractivity contribution in [3.63, 3.8) is 0 Å². The van der Waals surface area contributed by atoms with Gasteiger partial charge < -0.3 is 19.3 Å². The molecule has 0 saturated carbocycles. The van der Waals surface area contributed by atoms with Crippen LogP contribution >= 0.6 is 12.4 Å². The van der Waals surface area contributed by atoms with Gasteiger partial charge in [0, 0.05) is 38.8 Å². The van der Waals surface area contributed by atoms with Crippen LogP contribution in [0, 0.1) is 0 Å². The highest BCUT2D eigenvalue weighted by Gasteiger charge is 2.12. The molecule has 0 N–H and O–H groups in total. The molecule has 2 rings (SSSR count). The van der Waals surface area contributed by atoms with Gasteiger partial charge in [-0.25, -0.2) is 0 Å². The molecule has 0 spiro atoms. The molecular formula is C18H31ClN2O2. The number of halogens is 1.